The molecule has 2 heteroatoms. The second-order valence-corrected chi connectivity index (χ2v) is 2.97. The second kappa shape index (κ2) is 2.11. The average Bonchev–Trinajstić information content (AvgIpc) is 2.27. The molecular formula is C8H12N2. The molecule has 0 saturated carbocycles. The highest BCUT2D eigenvalue weighted by Crippen LogP contribution is 2.16. The maximum atomic E-state index is 4.50. The highest BCUT2D eigenvalue weighted by molar-refractivity contribution is 5.85. The van der Waals surface area contributed by atoms with Crippen LogP contribution in [0.2, 0.25) is 0 Å². The Morgan fingerprint density at radius 2 is 2.60 bits per heavy atom. The van der Waals surface area contributed by atoms with Crippen LogP contribution in [0.1, 0.15) is 19.8 Å². The van der Waals surface area contributed by atoms with Gasteiger partial charge in [0.25, 0.3) is 0 Å². The van der Waals surface area contributed by atoms with Gasteiger partial charge >= 0.3 is 0 Å². The number of aliphatic imine (C=N–C) groups is 1. The van der Waals surface area contributed by atoms with Crippen molar-refractivity contribution >= 4 is 5.84 Å². The third-order valence-corrected chi connectivity index (χ3v) is 1.98. The zero-order valence-corrected chi connectivity index (χ0v) is 6.25. The van der Waals surface area contributed by atoms with Crippen molar-refractivity contribution in [3.8, 4) is 0 Å². The summed E-state index contributed by atoms with van der Waals surface area (Å²) in [5, 5.41) is 0. The fourth-order valence-corrected chi connectivity index (χ4v) is 1.53. The molecule has 0 aromatic heterocycles. The van der Waals surface area contributed by atoms with Gasteiger partial charge in [0, 0.05) is 19.2 Å². The quantitative estimate of drug-likeness (QED) is 0.491. The highest BCUT2D eigenvalue weighted by Gasteiger charge is 2.20. The number of hydrogen-bond acceptors (Lipinski definition) is 2. The molecule has 2 nitrogen and oxygen atoms in total. The molecule has 2 rings (SSSR count). The molecule has 0 fully saturated rings. The first kappa shape index (κ1) is 5.96. The Labute approximate surface area is 61.2 Å². The molecule has 2 aliphatic heterocycles. The lowest BCUT2D eigenvalue weighted by Crippen LogP contribution is -2.24. The molecule has 1 unspecified atom stereocenters. The molecule has 0 radical (unpaired) electrons. The molecule has 0 saturated heterocycles. The highest BCUT2D eigenvalue weighted by atomic mass is 15.2. The van der Waals surface area contributed by atoms with Crippen LogP contribution in [0.15, 0.2) is 17.3 Å². The van der Waals surface area contributed by atoms with Gasteiger partial charge in [0.2, 0.25) is 0 Å². The molecule has 2 aliphatic rings. The molecule has 54 valence electrons. The SMILES string of the molecule is CC1CN2C=CCCC2=N1. The van der Waals surface area contributed by atoms with Crippen molar-refractivity contribution < 1.29 is 0 Å². The summed E-state index contributed by atoms with van der Waals surface area (Å²) in [5.74, 6) is 1.29. The predicted octanol–water partition coefficient (Wildman–Crippen LogP) is 1.40. The number of amidine groups is 1. The van der Waals surface area contributed by atoms with E-state index >= 15 is 0 Å². The summed E-state index contributed by atoms with van der Waals surface area (Å²) in [6.07, 6.45) is 6.69. The number of rotatable bonds is 0. The van der Waals surface area contributed by atoms with Crippen molar-refractivity contribution in [2.24, 2.45) is 4.99 Å². The zero-order chi connectivity index (χ0) is 6.97. The van der Waals surface area contributed by atoms with E-state index in [1.807, 2.05) is 0 Å². The minimum atomic E-state index is 0.512. The van der Waals surface area contributed by atoms with Crippen LogP contribution in [0.5, 0.6) is 0 Å². The van der Waals surface area contributed by atoms with Gasteiger partial charge in [-0.05, 0) is 13.3 Å². The summed E-state index contributed by atoms with van der Waals surface area (Å²) in [7, 11) is 0. The van der Waals surface area contributed by atoms with E-state index in [4.69, 9.17) is 0 Å². The van der Waals surface area contributed by atoms with Crippen molar-refractivity contribution in [1.82, 2.24) is 4.90 Å². The third kappa shape index (κ3) is 0.838. The lowest BCUT2D eigenvalue weighted by atomic mass is 10.2. The summed E-state index contributed by atoms with van der Waals surface area (Å²) in [4.78, 5) is 6.76. The lowest BCUT2D eigenvalue weighted by Gasteiger charge is -2.18. The average molecular weight is 136 g/mol. The van der Waals surface area contributed by atoms with Gasteiger partial charge in [-0.3, -0.25) is 4.99 Å². The predicted molar refractivity (Wildman–Crippen MR) is 42.0 cm³/mol. The summed E-state index contributed by atoms with van der Waals surface area (Å²) in [6, 6.07) is 0.512. The van der Waals surface area contributed by atoms with E-state index in [1.54, 1.807) is 0 Å². The normalized spacial score (nSPS) is 30.3. The van der Waals surface area contributed by atoms with Crippen LogP contribution in [-0.2, 0) is 0 Å². The van der Waals surface area contributed by atoms with Crippen LogP contribution in [0.3, 0.4) is 0 Å². The van der Waals surface area contributed by atoms with Gasteiger partial charge in [0.05, 0.1) is 6.04 Å². The minimum Gasteiger partial charge on any atom is -0.335 e. The van der Waals surface area contributed by atoms with E-state index in [0.29, 0.717) is 6.04 Å². The molecule has 2 heterocycles. The van der Waals surface area contributed by atoms with Crippen LogP contribution in [0, 0.1) is 0 Å². The second-order valence-electron chi connectivity index (χ2n) is 2.97. The summed E-state index contributed by atoms with van der Waals surface area (Å²) >= 11 is 0. The Morgan fingerprint density at radius 1 is 1.70 bits per heavy atom. The number of hydrogen-bond donors (Lipinski definition) is 0. The minimum absolute atomic E-state index is 0.512. The Kier molecular flexibility index (Phi) is 1.26. The van der Waals surface area contributed by atoms with E-state index in [9.17, 15) is 0 Å². The fraction of sp³-hybridized carbons (Fsp3) is 0.625. The molecule has 0 aromatic carbocycles. The zero-order valence-electron chi connectivity index (χ0n) is 6.25. The topological polar surface area (TPSA) is 15.6 Å². The third-order valence-electron chi connectivity index (χ3n) is 1.98. The van der Waals surface area contributed by atoms with Gasteiger partial charge in [-0.1, -0.05) is 6.08 Å². The standard InChI is InChI=1S/C8H12N2/c1-7-6-10-5-3-2-4-8(10)9-7/h3,5,7H,2,4,6H2,1H3. The fourth-order valence-electron chi connectivity index (χ4n) is 1.53. The van der Waals surface area contributed by atoms with E-state index in [2.05, 4.69) is 29.1 Å². The van der Waals surface area contributed by atoms with Gasteiger partial charge in [-0.15, -0.1) is 0 Å². The molecule has 0 N–H and O–H groups in total. The van der Waals surface area contributed by atoms with Crippen molar-refractivity contribution in [1.29, 1.82) is 0 Å². The molecule has 0 aliphatic carbocycles. The Morgan fingerprint density at radius 3 is 3.40 bits per heavy atom. The summed E-state index contributed by atoms with van der Waals surface area (Å²) in [5.41, 5.74) is 0. The maximum absolute atomic E-state index is 4.50. The first-order valence-electron chi connectivity index (χ1n) is 3.86. The monoisotopic (exact) mass is 136 g/mol. The Bertz CT molecular complexity index is 193. The van der Waals surface area contributed by atoms with E-state index in [-0.39, 0.29) is 0 Å². The molecule has 0 amide bonds. The molecule has 1 atom stereocenters. The largest absolute Gasteiger partial charge is 0.335 e. The van der Waals surface area contributed by atoms with Crippen LogP contribution in [0.25, 0.3) is 0 Å². The Balaban J connectivity index is 2.21. The molecule has 10 heavy (non-hydrogen) atoms. The lowest BCUT2D eigenvalue weighted by molar-refractivity contribution is 0.539. The summed E-state index contributed by atoms with van der Waals surface area (Å²) < 4.78 is 0. The van der Waals surface area contributed by atoms with E-state index in [1.165, 1.54) is 12.3 Å². The van der Waals surface area contributed by atoms with E-state index in [0.717, 1.165) is 13.0 Å². The maximum Gasteiger partial charge on any atom is 0.104 e. The van der Waals surface area contributed by atoms with Gasteiger partial charge in [0.15, 0.2) is 0 Å². The van der Waals surface area contributed by atoms with Gasteiger partial charge in [-0.2, -0.15) is 0 Å². The molecule has 0 spiro atoms. The van der Waals surface area contributed by atoms with Crippen molar-refractivity contribution in [2.45, 2.75) is 25.8 Å². The Hall–Kier alpha value is -0.790. The van der Waals surface area contributed by atoms with Crippen molar-refractivity contribution in [3.63, 3.8) is 0 Å². The van der Waals surface area contributed by atoms with Crippen LogP contribution >= 0.6 is 0 Å². The van der Waals surface area contributed by atoms with Crippen LogP contribution in [0.4, 0.5) is 0 Å². The van der Waals surface area contributed by atoms with Crippen molar-refractivity contribution in [2.75, 3.05) is 6.54 Å². The van der Waals surface area contributed by atoms with Crippen LogP contribution in [-0.4, -0.2) is 23.3 Å². The summed E-state index contributed by atoms with van der Waals surface area (Å²) in [6.45, 7) is 3.25. The van der Waals surface area contributed by atoms with Crippen LogP contribution < -0.4 is 0 Å². The van der Waals surface area contributed by atoms with Crippen molar-refractivity contribution in [3.05, 3.63) is 12.3 Å². The first-order chi connectivity index (χ1) is 4.86. The number of fused-ring (bicyclic) bond motifs is 1. The molecule has 0 bridgehead atoms. The molecular weight excluding hydrogens is 124 g/mol. The van der Waals surface area contributed by atoms with Gasteiger partial charge < -0.3 is 4.90 Å². The van der Waals surface area contributed by atoms with Gasteiger partial charge in [-0.25, -0.2) is 0 Å². The first-order valence-corrected chi connectivity index (χ1v) is 3.86. The van der Waals surface area contributed by atoms with Gasteiger partial charge in [0.1, 0.15) is 5.84 Å². The number of allylic oxidation sites excluding steroid dienone is 1. The number of nitrogens with zero attached hydrogens (tertiary/aromatic N) is 2. The van der Waals surface area contributed by atoms with E-state index < -0.39 is 0 Å². The molecule has 0 aromatic rings. The smallest absolute Gasteiger partial charge is 0.104 e.